The maximum absolute atomic E-state index is 13.0. The van der Waals surface area contributed by atoms with Crippen molar-refractivity contribution < 1.29 is 9.59 Å². The molecule has 0 spiro atoms. The number of amides is 2. The monoisotopic (exact) mass is 417 g/mol. The van der Waals surface area contributed by atoms with Crippen molar-refractivity contribution in [3.05, 3.63) is 72.3 Å². The molecule has 0 aromatic heterocycles. The Bertz CT molecular complexity index is 925. The predicted octanol–water partition coefficient (Wildman–Crippen LogP) is 4.83. The normalized spacial score (nSPS) is 21.0. The second-order valence-corrected chi connectivity index (χ2v) is 8.61. The van der Waals surface area contributed by atoms with Gasteiger partial charge in [-0.3, -0.25) is 14.5 Å². The number of rotatable bonds is 7. The molecular weight excluding hydrogens is 386 g/mol. The molecule has 0 bridgehead atoms. The van der Waals surface area contributed by atoms with Gasteiger partial charge in [-0.25, -0.2) is 0 Å². The third kappa shape index (κ3) is 6.05. The maximum atomic E-state index is 13.0. The summed E-state index contributed by atoms with van der Waals surface area (Å²) in [5, 5.41) is 6.06. The van der Waals surface area contributed by atoms with E-state index in [2.05, 4.69) is 52.0 Å². The van der Waals surface area contributed by atoms with Crippen LogP contribution in [0.1, 0.15) is 37.7 Å². The highest BCUT2D eigenvalue weighted by atomic mass is 16.2. The van der Waals surface area contributed by atoms with Crippen LogP contribution in [0.4, 0.5) is 11.4 Å². The second-order valence-electron chi connectivity index (χ2n) is 8.61. The van der Waals surface area contributed by atoms with Crippen molar-refractivity contribution in [3.63, 3.8) is 0 Å². The van der Waals surface area contributed by atoms with E-state index in [9.17, 15) is 9.59 Å². The number of nitrogens with zero attached hydrogens (tertiary/aromatic N) is 1. The Morgan fingerprint density at radius 2 is 1.68 bits per heavy atom. The number of carbonyl (C=O) groups is 2. The van der Waals surface area contributed by atoms with Crippen LogP contribution < -0.4 is 10.6 Å². The lowest BCUT2D eigenvalue weighted by Gasteiger charge is -2.32. The second kappa shape index (κ2) is 10.4. The van der Waals surface area contributed by atoms with Crippen molar-refractivity contribution in [2.45, 2.75) is 38.6 Å². The molecule has 0 radical (unpaired) electrons. The molecule has 4 rings (SSSR count). The third-order valence-corrected chi connectivity index (χ3v) is 6.14. The molecule has 1 aliphatic heterocycles. The topological polar surface area (TPSA) is 61.4 Å². The summed E-state index contributed by atoms with van der Waals surface area (Å²) in [5.74, 6) is 0.285. The van der Waals surface area contributed by atoms with E-state index in [4.69, 9.17) is 0 Å². The highest BCUT2D eigenvalue weighted by Gasteiger charge is 2.26. The summed E-state index contributed by atoms with van der Waals surface area (Å²) in [6.07, 6.45) is 8.73. The Labute approximate surface area is 184 Å². The van der Waals surface area contributed by atoms with Crippen molar-refractivity contribution in [1.82, 2.24) is 4.90 Å². The van der Waals surface area contributed by atoms with Crippen LogP contribution in [0, 0.1) is 11.8 Å². The zero-order chi connectivity index (χ0) is 21.5. The summed E-state index contributed by atoms with van der Waals surface area (Å²) in [4.78, 5) is 27.8. The fourth-order valence-corrected chi connectivity index (χ4v) is 4.50. The number of hydrogen-bond donors (Lipinski definition) is 2. The molecule has 2 unspecified atom stereocenters. The van der Waals surface area contributed by atoms with Gasteiger partial charge in [0, 0.05) is 19.5 Å². The first kappa shape index (κ1) is 21.3. The smallest absolute Gasteiger partial charge is 0.228 e. The van der Waals surface area contributed by atoms with Crippen molar-refractivity contribution in [2.24, 2.45) is 11.8 Å². The molecule has 2 N–H and O–H groups in total. The van der Waals surface area contributed by atoms with E-state index >= 15 is 0 Å². The Morgan fingerprint density at radius 3 is 2.42 bits per heavy atom. The van der Waals surface area contributed by atoms with E-state index in [1.165, 1.54) is 5.56 Å². The summed E-state index contributed by atoms with van der Waals surface area (Å²) < 4.78 is 0. The molecule has 2 aromatic rings. The summed E-state index contributed by atoms with van der Waals surface area (Å²) in [6.45, 7) is 2.64. The lowest BCUT2D eigenvalue weighted by molar-refractivity contribution is -0.121. The molecule has 0 saturated carbocycles. The minimum absolute atomic E-state index is 0.00930. The largest absolute Gasteiger partial charge is 0.324 e. The Kier molecular flexibility index (Phi) is 7.15. The first-order chi connectivity index (χ1) is 15.2. The molecule has 162 valence electrons. The van der Waals surface area contributed by atoms with Gasteiger partial charge < -0.3 is 10.6 Å². The average Bonchev–Trinajstić information content (AvgIpc) is 3.29. The number of hydrogen-bond acceptors (Lipinski definition) is 3. The Balaban J connectivity index is 1.34. The molecule has 1 fully saturated rings. The van der Waals surface area contributed by atoms with Gasteiger partial charge in [0.05, 0.1) is 17.3 Å². The summed E-state index contributed by atoms with van der Waals surface area (Å²) in [5.41, 5.74) is 2.61. The van der Waals surface area contributed by atoms with Crippen LogP contribution in [0.15, 0.2) is 66.7 Å². The van der Waals surface area contributed by atoms with Crippen LogP contribution in [0.5, 0.6) is 0 Å². The Morgan fingerprint density at radius 1 is 0.935 bits per heavy atom. The predicted molar refractivity (Wildman–Crippen MR) is 125 cm³/mol. The van der Waals surface area contributed by atoms with Gasteiger partial charge in [0.15, 0.2) is 0 Å². The SMILES string of the molecule is O=C(CC1C=CCC1)Nc1ccccc1NC(=O)C1CCCN(Cc2ccccc2)C1. The minimum Gasteiger partial charge on any atom is -0.324 e. The van der Waals surface area contributed by atoms with Gasteiger partial charge >= 0.3 is 0 Å². The molecule has 2 aromatic carbocycles. The molecule has 1 heterocycles. The quantitative estimate of drug-likeness (QED) is 0.634. The van der Waals surface area contributed by atoms with Crippen LogP contribution in [0.3, 0.4) is 0 Å². The lowest BCUT2D eigenvalue weighted by atomic mass is 9.96. The average molecular weight is 418 g/mol. The van der Waals surface area contributed by atoms with Crippen molar-refractivity contribution >= 4 is 23.2 Å². The lowest BCUT2D eigenvalue weighted by Crippen LogP contribution is -2.40. The van der Waals surface area contributed by atoms with Crippen LogP contribution in [-0.4, -0.2) is 29.8 Å². The zero-order valence-electron chi connectivity index (χ0n) is 17.9. The van der Waals surface area contributed by atoms with Gasteiger partial charge in [-0.2, -0.15) is 0 Å². The highest BCUT2D eigenvalue weighted by Crippen LogP contribution is 2.26. The number of carbonyl (C=O) groups excluding carboxylic acids is 2. The van der Waals surface area contributed by atoms with E-state index in [-0.39, 0.29) is 17.7 Å². The van der Waals surface area contributed by atoms with E-state index in [0.29, 0.717) is 23.7 Å². The molecule has 1 saturated heterocycles. The molecule has 5 heteroatoms. The first-order valence-corrected chi connectivity index (χ1v) is 11.3. The number of anilines is 2. The zero-order valence-corrected chi connectivity index (χ0v) is 17.9. The van der Waals surface area contributed by atoms with E-state index in [0.717, 1.165) is 45.3 Å². The summed E-state index contributed by atoms with van der Waals surface area (Å²) in [7, 11) is 0. The van der Waals surface area contributed by atoms with Crippen molar-refractivity contribution in [2.75, 3.05) is 23.7 Å². The summed E-state index contributed by atoms with van der Waals surface area (Å²) in [6, 6.07) is 17.9. The Hall–Kier alpha value is -2.92. The maximum Gasteiger partial charge on any atom is 0.228 e. The molecule has 2 atom stereocenters. The van der Waals surface area contributed by atoms with Gasteiger partial charge in [-0.15, -0.1) is 0 Å². The standard InChI is InChI=1S/C26H31N3O2/c30-25(17-20-9-4-5-10-20)27-23-14-6-7-15-24(23)28-26(31)22-13-8-16-29(19-22)18-21-11-2-1-3-12-21/h1-4,6-7,9,11-12,14-15,20,22H,5,8,10,13,16-19H2,(H,27,30)(H,28,31). The van der Waals surface area contributed by atoms with Gasteiger partial charge in [0.2, 0.25) is 11.8 Å². The van der Waals surface area contributed by atoms with E-state index < -0.39 is 0 Å². The van der Waals surface area contributed by atoms with Crippen LogP contribution in [-0.2, 0) is 16.1 Å². The number of allylic oxidation sites excluding steroid dienone is 2. The minimum atomic E-state index is -0.0511. The first-order valence-electron chi connectivity index (χ1n) is 11.3. The van der Waals surface area contributed by atoms with Crippen molar-refractivity contribution in [1.29, 1.82) is 0 Å². The van der Waals surface area contributed by atoms with Gasteiger partial charge in [-0.05, 0) is 55.8 Å². The van der Waals surface area contributed by atoms with Gasteiger partial charge in [0.1, 0.15) is 0 Å². The fourth-order valence-electron chi connectivity index (χ4n) is 4.50. The molecular formula is C26H31N3O2. The van der Waals surface area contributed by atoms with Crippen molar-refractivity contribution in [3.8, 4) is 0 Å². The molecule has 2 amide bonds. The van der Waals surface area contributed by atoms with Crippen LogP contribution in [0.2, 0.25) is 0 Å². The number of likely N-dealkylation sites (tertiary alicyclic amines) is 1. The number of piperidine rings is 1. The van der Waals surface area contributed by atoms with Crippen LogP contribution >= 0.6 is 0 Å². The number of nitrogens with one attached hydrogen (secondary N) is 2. The van der Waals surface area contributed by atoms with Crippen LogP contribution in [0.25, 0.3) is 0 Å². The van der Waals surface area contributed by atoms with E-state index in [1.54, 1.807) is 0 Å². The fraction of sp³-hybridized carbons (Fsp3) is 0.385. The van der Waals surface area contributed by atoms with E-state index in [1.807, 2.05) is 30.3 Å². The highest BCUT2D eigenvalue weighted by molar-refractivity contribution is 6.00. The number of benzene rings is 2. The molecule has 1 aliphatic carbocycles. The molecule has 31 heavy (non-hydrogen) atoms. The summed E-state index contributed by atoms with van der Waals surface area (Å²) >= 11 is 0. The number of para-hydroxylation sites is 2. The van der Waals surface area contributed by atoms with Gasteiger partial charge in [0.25, 0.3) is 0 Å². The molecule has 2 aliphatic rings. The van der Waals surface area contributed by atoms with Gasteiger partial charge in [-0.1, -0.05) is 54.6 Å². The third-order valence-electron chi connectivity index (χ3n) is 6.14. The molecule has 5 nitrogen and oxygen atoms in total.